The van der Waals surface area contributed by atoms with Crippen LogP contribution in [0.4, 0.5) is 0 Å². The van der Waals surface area contributed by atoms with E-state index in [1.54, 1.807) is 0 Å². The first-order chi connectivity index (χ1) is 7.45. The standard InChI is InChI=1S/C12H23NO2/c1-2-5-11(13-8-3-1)6-7-12-14-9-4-10-15-12/h11-13H,1-10H2. The van der Waals surface area contributed by atoms with Crippen LogP contribution in [-0.2, 0) is 9.47 Å². The molecule has 3 nitrogen and oxygen atoms in total. The molecule has 0 spiro atoms. The highest BCUT2D eigenvalue weighted by molar-refractivity contribution is 4.71. The van der Waals surface area contributed by atoms with E-state index in [1.807, 2.05) is 0 Å². The van der Waals surface area contributed by atoms with Gasteiger partial charge in [-0.15, -0.1) is 0 Å². The summed E-state index contributed by atoms with van der Waals surface area (Å²) in [6.45, 7) is 2.95. The van der Waals surface area contributed by atoms with Crippen LogP contribution in [0.2, 0.25) is 0 Å². The molecule has 1 unspecified atom stereocenters. The number of hydrogen-bond donors (Lipinski definition) is 1. The summed E-state index contributed by atoms with van der Waals surface area (Å²) in [5, 5.41) is 3.61. The Bertz CT molecular complexity index is 161. The van der Waals surface area contributed by atoms with E-state index in [0.717, 1.165) is 26.1 Å². The summed E-state index contributed by atoms with van der Waals surface area (Å²) in [7, 11) is 0. The topological polar surface area (TPSA) is 30.5 Å². The molecule has 2 heterocycles. The minimum absolute atomic E-state index is 0.0730. The van der Waals surface area contributed by atoms with Crippen LogP contribution in [0.5, 0.6) is 0 Å². The first-order valence-electron chi connectivity index (χ1n) is 6.42. The van der Waals surface area contributed by atoms with Crippen molar-refractivity contribution >= 4 is 0 Å². The summed E-state index contributed by atoms with van der Waals surface area (Å²) >= 11 is 0. The van der Waals surface area contributed by atoms with Gasteiger partial charge < -0.3 is 14.8 Å². The van der Waals surface area contributed by atoms with Crippen molar-refractivity contribution in [2.24, 2.45) is 0 Å². The van der Waals surface area contributed by atoms with Gasteiger partial charge in [0.1, 0.15) is 0 Å². The van der Waals surface area contributed by atoms with E-state index < -0.39 is 0 Å². The van der Waals surface area contributed by atoms with E-state index in [-0.39, 0.29) is 6.29 Å². The van der Waals surface area contributed by atoms with Gasteiger partial charge in [-0.05, 0) is 38.6 Å². The van der Waals surface area contributed by atoms with Gasteiger partial charge in [0.2, 0.25) is 0 Å². The Morgan fingerprint density at radius 2 is 1.80 bits per heavy atom. The molecule has 2 aliphatic heterocycles. The Balaban J connectivity index is 1.62. The van der Waals surface area contributed by atoms with Gasteiger partial charge in [0.05, 0.1) is 13.2 Å². The zero-order chi connectivity index (χ0) is 10.3. The molecule has 0 bridgehead atoms. The molecule has 0 aliphatic carbocycles. The van der Waals surface area contributed by atoms with Crippen LogP contribution in [0.3, 0.4) is 0 Å². The number of ether oxygens (including phenoxy) is 2. The average molecular weight is 213 g/mol. The average Bonchev–Trinajstić information content (AvgIpc) is 2.56. The molecule has 0 aromatic carbocycles. The van der Waals surface area contributed by atoms with Crippen LogP contribution in [0.25, 0.3) is 0 Å². The van der Waals surface area contributed by atoms with Crippen molar-refractivity contribution < 1.29 is 9.47 Å². The van der Waals surface area contributed by atoms with E-state index in [0.29, 0.717) is 6.04 Å². The molecule has 2 saturated heterocycles. The van der Waals surface area contributed by atoms with Gasteiger partial charge in [0.25, 0.3) is 0 Å². The molecule has 1 N–H and O–H groups in total. The van der Waals surface area contributed by atoms with Gasteiger partial charge >= 0.3 is 0 Å². The number of rotatable bonds is 3. The molecule has 1 atom stereocenters. The first kappa shape index (κ1) is 11.4. The van der Waals surface area contributed by atoms with Gasteiger partial charge in [-0.1, -0.05) is 12.8 Å². The SMILES string of the molecule is C1CCNC(CCC2OCCCO2)CC1. The molecule has 2 aliphatic rings. The van der Waals surface area contributed by atoms with Crippen molar-refractivity contribution in [2.45, 2.75) is 57.3 Å². The van der Waals surface area contributed by atoms with E-state index in [9.17, 15) is 0 Å². The molecule has 2 fully saturated rings. The summed E-state index contributed by atoms with van der Waals surface area (Å²) < 4.78 is 11.1. The minimum atomic E-state index is 0.0730. The Kier molecular flexibility index (Phi) is 4.90. The van der Waals surface area contributed by atoms with Crippen LogP contribution >= 0.6 is 0 Å². The van der Waals surface area contributed by atoms with Gasteiger partial charge in [0, 0.05) is 6.04 Å². The fourth-order valence-electron chi connectivity index (χ4n) is 2.39. The molecule has 0 aromatic rings. The number of hydrogen-bond acceptors (Lipinski definition) is 3. The zero-order valence-corrected chi connectivity index (χ0v) is 9.54. The van der Waals surface area contributed by atoms with Crippen LogP contribution in [0.1, 0.15) is 44.9 Å². The molecule has 0 amide bonds. The van der Waals surface area contributed by atoms with Crippen LogP contribution in [0, 0.1) is 0 Å². The quantitative estimate of drug-likeness (QED) is 0.778. The lowest BCUT2D eigenvalue weighted by Crippen LogP contribution is -2.31. The Morgan fingerprint density at radius 1 is 0.933 bits per heavy atom. The van der Waals surface area contributed by atoms with Gasteiger partial charge in [-0.25, -0.2) is 0 Å². The maximum atomic E-state index is 5.55. The highest BCUT2D eigenvalue weighted by atomic mass is 16.7. The largest absolute Gasteiger partial charge is 0.353 e. The third kappa shape index (κ3) is 4.09. The summed E-state index contributed by atoms with van der Waals surface area (Å²) in [6, 6.07) is 0.696. The summed E-state index contributed by atoms with van der Waals surface area (Å²) in [5.41, 5.74) is 0. The van der Waals surface area contributed by atoms with Gasteiger partial charge in [-0.3, -0.25) is 0 Å². The Hall–Kier alpha value is -0.120. The van der Waals surface area contributed by atoms with Crippen molar-refractivity contribution in [3.05, 3.63) is 0 Å². The first-order valence-corrected chi connectivity index (χ1v) is 6.42. The van der Waals surface area contributed by atoms with E-state index >= 15 is 0 Å². The van der Waals surface area contributed by atoms with Crippen molar-refractivity contribution in [3.63, 3.8) is 0 Å². The molecular formula is C12H23NO2. The van der Waals surface area contributed by atoms with Crippen molar-refractivity contribution in [3.8, 4) is 0 Å². The van der Waals surface area contributed by atoms with E-state index in [1.165, 1.54) is 38.6 Å². The summed E-state index contributed by atoms with van der Waals surface area (Å²) in [6.07, 6.45) is 8.81. The predicted octanol–water partition coefficient (Wildman–Crippen LogP) is 2.06. The molecule has 15 heavy (non-hydrogen) atoms. The third-order valence-corrected chi connectivity index (χ3v) is 3.31. The Labute approximate surface area is 92.5 Å². The third-order valence-electron chi connectivity index (χ3n) is 3.31. The highest BCUT2D eigenvalue weighted by Crippen LogP contribution is 2.16. The van der Waals surface area contributed by atoms with Crippen LogP contribution < -0.4 is 5.32 Å². The van der Waals surface area contributed by atoms with Crippen molar-refractivity contribution in [2.75, 3.05) is 19.8 Å². The van der Waals surface area contributed by atoms with Gasteiger partial charge in [-0.2, -0.15) is 0 Å². The fraction of sp³-hybridized carbons (Fsp3) is 1.00. The lowest BCUT2D eigenvalue weighted by molar-refractivity contribution is -0.182. The second-order valence-corrected chi connectivity index (χ2v) is 4.60. The zero-order valence-electron chi connectivity index (χ0n) is 9.54. The maximum absolute atomic E-state index is 5.55. The molecule has 0 aromatic heterocycles. The highest BCUT2D eigenvalue weighted by Gasteiger charge is 2.17. The van der Waals surface area contributed by atoms with Crippen molar-refractivity contribution in [1.29, 1.82) is 0 Å². The minimum Gasteiger partial charge on any atom is -0.353 e. The summed E-state index contributed by atoms with van der Waals surface area (Å²) in [4.78, 5) is 0. The van der Waals surface area contributed by atoms with E-state index in [4.69, 9.17) is 9.47 Å². The fourth-order valence-corrected chi connectivity index (χ4v) is 2.39. The van der Waals surface area contributed by atoms with Crippen LogP contribution in [0.15, 0.2) is 0 Å². The van der Waals surface area contributed by atoms with Crippen LogP contribution in [-0.4, -0.2) is 32.1 Å². The predicted molar refractivity (Wildman–Crippen MR) is 59.8 cm³/mol. The molecular weight excluding hydrogens is 190 g/mol. The normalized spacial score (nSPS) is 30.0. The monoisotopic (exact) mass is 213 g/mol. The second kappa shape index (κ2) is 6.46. The molecule has 88 valence electrons. The molecule has 2 rings (SSSR count). The van der Waals surface area contributed by atoms with Crippen molar-refractivity contribution in [1.82, 2.24) is 5.32 Å². The van der Waals surface area contributed by atoms with E-state index in [2.05, 4.69) is 5.32 Å². The Morgan fingerprint density at radius 3 is 2.67 bits per heavy atom. The lowest BCUT2D eigenvalue weighted by atomic mass is 10.1. The molecule has 0 radical (unpaired) electrons. The number of nitrogens with one attached hydrogen (secondary N) is 1. The second-order valence-electron chi connectivity index (χ2n) is 4.60. The molecule has 3 heteroatoms. The maximum Gasteiger partial charge on any atom is 0.157 e. The summed E-state index contributed by atoms with van der Waals surface area (Å²) in [5.74, 6) is 0. The smallest absolute Gasteiger partial charge is 0.157 e. The van der Waals surface area contributed by atoms with Gasteiger partial charge in [0.15, 0.2) is 6.29 Å². The lowest BCUT2D eigenvalue weighted by Gasteiger charge is -2.25. The molecule has 0 saturated carbocycles.